The Hall–Kier alpha value is -7.41. The van der Waals surface area contributed by atoms with Gasteiger partial charge in [-0.3, -0.25) is 9.98 Å². The van der Waals surface area contributed by atoms with Gasteiger partial charge in [-0.25, -0.2) is 24.9 Å². The summed E-state index contributed by atoms with van der Waals surface area (Å²) in [5.74, 6) is 5.80. The molecule has 0 spiro atoms. The van der Waals surface area contributed by atoms with Crippen LogP contribution in [0.3, 0.4) is 0 Å². The lowest BCUT2D eigenvalue weighted by atomic mass is 9.99. The molecular formula is C74H91N7O3S2. The first-order valence-corrected chi connectivity index (χ1v) is 32.2. The van der Waals surface area contributed by atoms with Gasteiger partial charge in [0.1, 0.15) is 17.3 Å². The number of fused-ring (bicyclic) bond motifs is 6. The Morgan fingerprint density at radius 1 is 0.384 bits per heavy atom. The van der Waals surface area contributed by atoms with Gasteiger partial charge in [-0.2, -0.15) is 0 Å². The van der Waals surface area contributed by atoms with Crippen LogP contribution in [-0.2, 0) is 12.8 Å². The molecule has 11 aromatic rings. The predicted octanol–water partition coefficient (Wildman–Crippen LogP) is 22.3. The average Bonchev–Trinajstić information content (AvgIpc) is 4.15. The highest BCUT2D eigenvalue weighted by Crippen LogP contribution is 2.33. The standard InChI is InChI=1S/2C12H15N.2C11H13NO.2C11H13NS.C6H9NO/c2*1-8(2)12-7-10-9(3)5-4-6-11(10)13-12;1-7(2)11-12-9-6-8(3)4-5-10(9)13-11;1-7(2)11-12-9-5-4-8(3)6-10(9)13-11;1-7(2)11-12-9-6-8(3)4-5-10(9)13-11;1-7(2)11-12-9-5-4-8(3)6-10(9)13-11;1-5(2)6-7-3-4-8-6/h2*4-6,8H,7H2,1-3H3;4*4-7H,1-3H3;3-5H,1-2H3. The molecule has 10 nitrogen and oxygen atoms in total. The Morgan fingerprint density at radius 2 is 0.837 bits per heavy atom. The third-order valence-electron chi connectivity index (χ3n) is 14.5. The third-order valence-corrected chi connectivity index (χ3v) is 17.2. The summed E-state index contributed by atoms with van der Waals surface area (Å²) in [6, 6.07) is 37.7. The molecule has 0 saturated carbocycles. The molecule has 0 atom stereocenters. The van der Waals surface area contributed by atoms with Crippen LogP contribution in [0.4, 0.5) is 11.4 Å². The minimum atomic E-state index is 0.354. The molecule has 0 amide bonds. The molecule has 0 fully saturated rings. The number of thiazole rings is 2. The molecule has 0 bridgehead atoms. The highest BCUT2D eigenvalue weighted by atomic mass is 32.1. The number of hydrogen-bond acceptors (Lipinski definition) is 12. The molecule has 5 aromatic heterocycles. The zero-order chi connectivity index (χ0) is 62.5. The summed E-state index contributed by atoms with van der Waals surface area (Å²) in [7, 11) is 0. The zero-order valence-corrected chi connectivity index (χ0v) is 56.3. The lowest BCUT2D eigenvalue weighted by Crippen LogP contribution is -2.06. The van der Waals surface area contributed by atoms with Crippen molar-refractivity contribution in [3.8, 4) is 0 Å². The molecule has 0 unspecified atom stereocenters. The summed E-state index contributed by atoms with van der Waals surface area (Å²) in [6.07, 6.45) is 5.37. The summed E-state index contributed by atoms with van der Waals surface area (Å²) in [6.45, 7) is 42.7. The molecule has 2 aliphatic heterocycles. The molecule has 2 aliphatic rings. The van der Waals surface area contributed by atoms with Gasteiger partial charge in [0.15, 0.2) is 28.8 Å². The van der Waals surface area contributed by atoms with Crippen molar-refractivity contribution in [1.82, 2.24) is 24.9 Å². The van der Waals surface area contributed by atoms with E-state index in [1.54, 1.807) is 23.8 Å². The molecule has 12 heteroatoms. The van der Waals surface area contributed by atoms with Gasteiger partial charge in [0.25, 0.3) is 0 Å². The zero-order valence-electron chi connectivity index (χ0n) is 54.7. The largest absolute Gasteiger partial charge is 0.449 e. The van der Waals surface area contributed by atoms with E-state index in [9.17, 15) is 0 Å². The van der Waals surface area contributed by atoms with Crippen molar-refractivity contribution in [3.05, 3.63) is 194 Å². The minimum absolute atomic E-state index is 0.354. The normalized spacial score (nSPS) is 12.3. The van der Waals surface area contributed by atoms with E-state index >= 15 is 0 Å². The molecule has 452 valence electrons. The first-order valence-electron chi connectivity index (χ1n) is 30.5. The van der Waals surface area contributed by atoms with Crippen LogP contribution in [0.25, 0.3) is 42.6 Å². The van der Waals surface area contributed by atoms with Gasteiger partial charge in [0.05, 0.1) is 48.0 Å². The maximum absolute atomic E-state index is 5.60. The van der Waals surface area contributed by atoms with E-state index in [0.717, 1.165) is 63.7 Å². The Labute approximate surface area is 519 Å². The van der Waals surface area contributed by atoms with Crippen LogP contribution in [0.5, 0.6) is 0 Å². The summed E-state index contributed by atoms with van der Waals surface area (Å²) >= 11 is 3.61. The van der Waals surface area contributed by atoms with Gasteiger partial charge in [-0.15, -0.1) is 22.7 Å². The number of oxazole rings is 3. The summed E-state index contributed by atoms with van der Waals surface area (Å²) in [4.78, 5) is 31.2. The van der Waals surface area contributed by atoms with E-state index in [4.69, 9.17) is 13.3 Å². The Morgan fingerprint density at radius 3 is 1.33 bits per heavy atom. The van der Waals surface area contributed by atoms with Crippen LogP contribution in [0, 0.1) is 53.4 Å². The average molecular weight is 1190 g/mol. The molecule has 0 radical (unpaired) electrons. The van der Waals surface area contributed by atoms with Crippen LogP contribution in [0.15, 0.2) is 145 Å². The fourth-order valence-electron chi connectivity index (χ4n) is 9.18. The summed E-state index contributed by atoms with van der Waals surface area (Å²) in [5.41, 5.74) is 21.6. The van der Waals surface area contributed by atoms with E-state index in [2.05, 4.69) is 238 Å². The first-order chi connectivity index (χ1) is 40.8. The van der Waals surface area contributed by atoms with Crippen molar-refractivity contribution >= 4 is 88.1 Å². The smallest absolute Gasteiger partial charge is 0.198 e. The van der Waals surface area contributed by atoms with Gasteiger partial charge < -0.3 is 13.3 Å². The number of hydrogen-bond donors (Lipinski definition) is 0. The van der Waals surface area contributed by atoms with Gasteiger partial charge in [0, 0.05) is 53.9 Å². The topological polar surface area (TPSA) is 129 Å². The Kier molecular flexibility index (Phi) is 23.3. The third kappa shape index (κ3) is 18.1. The van der Waals surface area contributed by atoms with Gasteiger partial charge in [0.2, 0.25) is 0 Å². The number of aliphatic imine (C=N–C) groups is 2. The number of nitrogens with zero attached hydrogens (tertiary/aromatic N) is 7. The van der Waals surface area contributed by atoms with E-state index in [-0.39, 0.29) is 0 Å². The van der Waals surface area contributed by atoms with E-state index < -0.39 is 0 Å². The van der Waals surface area contributed by atoms with Crippen molar-refractivity contribution in [3.63, 3.8) is 0 Å². The van der Waals surface area contributed by atoms with Gasteiger partial charge in [-0.05, 0) is 159 Å². The quantitative estimate of drug-likeness (QED) is 0.154. The fraction of sp³-hybridized carbons (Fsp3) is 0.392. The number of aromatic nitrogens is 5. The molecule has 7 heterocycles. The second kappa shape index (κ2) is 30.3. The van der Waals surface area contributed by atoms with Crippen molar-refractivity contribution in [2.75, 3.05) is 0 Å². The van der Waals surface area contributed by atoms with E-state index in [1.807, 2.05) is 55.5 Å². The molecule has 13 rings (SSSR count). The van der Waals surface area contributed by atoms with Crippen molar-refractivity contribution in [2.45, 2.75) is 181 Å². The highest BCUT2D eigenvalue weighted by Gasteiger charge is 2.19. The molecule has 0 saturated heterocycles. The minimum Gasteiger partial charge on any atom is -0.449 e. The SMILES string of the molecule is CC(C)c1ncco1.Cc1ccc2nc(C(C)C)oc2c1.Cc1ccc2nc(C(C)C)sc2c1.Cc1ccc2oc(C(C)C)nc2c1.Cc1ccc2sc(C(C)C)nc2c1.Cc1cccc2c1CC(C(C)C)=N2.Cc1cccc2c1CC(C(C)C)=N2. The highest BCUT2D eigenvalue weighted by molar-refractivity contribution is 7.19. The van der Waals surface area contributed by atoms with Crippen molar-refractivity contribution in [1.29, 1.82) is 0 Å². The summed E-state index contributed by atoms with van der Waals surface area (Å²) < 4.78 is 18.8. The maximum Gasteiger partial charge on any atom is 0.198 e. The fourth-order valence-corrected chi connectivity index (χ4v) is 11.2. The number of benzene rings is 6. The van der Waals surface area contributed by atoms with E-state index in [1.165, 1.54) is 86.7 Å². The molecular weight excluding hydrogens is 1100 g/mol. The lowest BCUT2D eigenvalue weighted by Gasteiger charge is -2.03. The number of rotatable bonds is 7. The second-order valence-corrected chi connectivity index (χ2v) is 26.9. The van der Waals surface area contributed by atoms with E-state index in [0.29, 0.717) is 41.4 Å². The van der Waals surface area contributed by atoms with Crippen LogP contribution >= 0.6 is 22.7 Å². The van der Waals surface area contributed by atoms with Gasteiger partial charge in [-0.1, -0.05) is 145 Å². The number of aryl methyl sites for hydroxylation is 6. The lowest BCUT2D eigenvalue weighted by molar-refractivity contribution is 0.471. The molecule has 6 aromatic carbocycles. The first kappa shape index (κ1) is 66.1. The molecule has 86 heavy (non-hydrogen) atoms. The van der Waals surface area contributed by atoms with Crippen LogP contribution in [0.1, 0.15) is 199 Å². The van der Waals surface area contributed by atoms with Crippen molar-refractivity contribution < 1.29 is 13.3 Å². The Bertz CT molecular complexity index is 3620. The summed E-state index contributed by atoms with van der Waals surface area (Å²) in [5, 5.41) is 2.47. The van der Waals surface area contributed by atoms with Crippen LogP contribution in [0.2, 0.25) is 0 Å². The van der Waals surface area contributed by atoms with Crippen LogP contribution in [-0.4, -0.2) is 36.3 Å². The van der Waals surface area contributed by atoms with Gasteiger partial charge >= 0.3 is 0 Å². The Balaban J connectivity index is 0.000000144. The van der Waals surface area contributed by atoms with Crippen LogP contribution < -0.4 is 0 Å². The second-order valence-electron chi connectivity index (χ2n) is 24.8. The predicted molar refractivity (Wildman–Crippen MR) is 367 cm³/mol. The maximum atomic E-state index is 5.60. The molecule has 0 aliphatic carbocycles. The monoisotopic (exact) mass is 1190 g/mol. The molecule has 0 N–H and O–H groups in total. The van der Waals surface area contributed by atoms with Crippen molar-refractivity contribution in [2.24, 2.45) is 21.8 Å².